The Morgan fingerprint density at radius 3 is 2.80 bits per heavy atom. The summed E-state index contributed by atoms with van der Waals surface area (Å²) < 4.78 is 30.1. The number of carbonyl (C=O) groups is 1. The van der Waals surface area contributed by atoms with Gasteiger partial charge in [-0.05, 0) is 30.5 Å². The zero-order valence-corrected chi connectivity index (χ0v) is 13.8. The van der Waals surface area contributed by atoms with E-state index in [0.29, 0.717) is 51.5 Å². The van der Waals surface area contributed by atoms with Crippen LogP contribution < -0.4 is 5.32 Å². The molecule has 1 saturated heterocycles. The molecule has 0 atom stereocenters. The first-order valence-corrected chi connectivity index (χ1v) is 8.51. The first kappa shape index (κ1) is 16.3. The van der Waals surface area contributed by atoms with E-state index in [0.717, 1.165) is 16.7 Å². The molecular formula is C19H20FNO4. The van der Waals surface area contributed by atoms with Gasteiger partial charge in [-0.25, -0.2) is 4.39 Å². The van der Waals surface area contributed by atoms with Crippen LogP contribution in [-0.4, -0.2) is 25.7 Å². The van der Waals surface area contributed by atoms with Gasteiger partial charge in [0.05, 0.1) is 25.0 Å². The van der Waals surface area contributed by atoms with Crippen molar-refractivity contribution >= 4 is 5.91 Å². The molecule has 1 fully saturated rings. The van der Waals surface area contributed by atoms with Gasteiger partial charge in [-0.1, -0.05) is 12.1 Å². The molecule has 0 unspecified atom stereocenters. The molecule has 3 heterocycles. The summed E-state index contributed by atoms with van der Waals surface area (Å²) in [6.45, 7) is 2.08. The second-order valence-corrected chi connectivity index (χ2v) is 6.53. The topological polar surface area (TPSA) is 60.7 Å². The first-order chi connectivity index (χ1) is 12.2. The standard InChI is InChI=1S/C19H20FNO4/c20-15-3-1-2-14(10-15)19(5-8-23-9-6-19)21-18(22)17-16-4-7-24-11-13(16)12-25-17/h1-3,10,12H,4-9,11H2,(H,21,22). The van der Waals surface area contributed by atoms with Crippen molar-refractivity contribution < 1.29 is 23.1 Å². The summed E-state index contributed by atoms with van der Waals surface area (Å²) in [6.07, 6.45) is 3.43. The molecule has 132 valence electrons. The number of nitrogens with one attached hydrogen (secondary N) is 1. The number of benzene rings is 1. The van der Waals surface area contributed by atoms with Gasteiger partial charge in [0.25, 0.3) is 5.91 Å². The Hall–Kier alpha value is -2.18. The average molecular weight is 345 g/mol. The Bertz CT molecular complexity index is 779. The number of carbonyl (C=O) groups excluding carboxylic acids is 1. The molecule has 1 amide bonds. The minimum Gasteiger partial charge on any atom is -0.459 e. The highest BCUT2D eigenvalue weighted by molar-refractivity contribution is 5.94. The van der Waals surface area contributed by atoms with Crippen molar-refractivity contribution in [1.82, 2.24) is 5.32 Å². The van der Waals surface area contributed by atoms with Crippen LogP contribution in [0.2, 0.25) is 0 Å². The van der Waals surface area contributed by atoms with Crippen LogP contribution in [0.15, 0.2) is 34.9 Å². The van der Waals surface area contributed by atoms with Gasteiger partial charge >= 0.3 is 0 Å². The number of fused-ring (bicyclic) bond motifs is 1. The van der Waals surface area contributed by atoms with E-state index in [1.54, 1.807) is 12.3 Å². The van der Waals surface area contributed by atoms with Crippen molar-refractivity contribution in [3.63, 3.8) is 0 Å². The summed E-state index contributed by atoms with van der Waals surface area (Å²) in [5, 5.41) is 3.11. The fourth-order valence-corrected chi connectivity index (χ4v) is 3.63. The van der Waals surface area contributed by atoms with Gasteiger partial charge < -0.3 is 19.2 Å². The molecule has 1 aromatic carbocycles. The van der Waals surface area contributed by atoms with Crippen LogP contribution in [0, 0.1) is 5.82 Å². The van der Waals surface area contributed by atoms with Crippen LogP contribution in [0.3, 0.4) is 0 Å². The smallest absolute Gasteiger partial charge is 0.287 e. The maximum atomic E-state index is 13.8. The van der Waals surface area contributed by atoms with Crippen molar-refractivity contribution in [2.75, 3.05) is 19.8 Å². The number of furan rings is 1. The van der Waals surface area contributed by atoms with Gasteiger partial charge in [-0.2, -0.15) is 0 Å². The molecule has 6 heteroatoms. The van der Waals surface area contributed by atoms with E-state index in [2.05, 4.69) is 5.32 Å². The summed E-state index contributed by atoms with van der Waals surface area (Å²) in [4.78, 5) is 12.9. The van der Waals surface area contributed by atoms with Gasteiger partial charge in [0.15, 0.2) is 5.76 Å². The fraction of sp³-hybridized carbons (Fsp3) is 0.421. The van der Waals surface area contributed by atoms with Crippen molar-refractivity contribution in [3.05, 3.63) is 58.8 Å². The SMILES string of the molecule is O=C(NC1(c2cccc(F)c2)CCOCC1)c1occ2c1CCOC2. The highest BCUT2D eigenvalue weighted by Gasteiger charge is 2.38. The molecule has 2 aromatic rings. The Labute approximate surface area is 145 Å². The number of halogens is 1. The Kier molecular flexibility index (Phi) is 4.31. The number of rotatable bonds is 3. The van der Waals surface area contributed by atoms with Crippen LogP contribution in [0.5, 0.6) is 0 Å². The summed E-state index contributed by atoms with van der Waals surface area (Å²) in [6, 6.07) is 6.40. The number of hydrogen-bond donors (Lipinski definition) is 1. The Balaban J connectivity index is 1.65. The Morgan fingerprint density at radius 1 is 1.16 bits per heavy atom. The molecular weight excluding hydrogens is 325 g/mol. The lowest BCUT2D eigenvalue weighted by molar-refractivity contribution is 0.0336. The lowest BCUT2D eigenvalue weighted by atomic mass is 9.82. The van der Waals surface area contributed by atoms with Crippen LogP contribution >= 0.6 is 0 Å². The maximum absolute atomic E-state index is 13.8. The van der Waals surface area contributed by atoms with Crippen molar-refractivity contribution in [2.45, 2.75) is 31.4 Å². The van der Waals surface area contributed by atoms with E-state index in [4.69, 9.17) is 13.9 Å². The van der Waals surface area contributed by atoms with Gasteiger partial charge in [0, 0.05) is 30.8 Å². The summed E-state index contributed by atoms with van der Waals surface area (Å²) in [5.74, 6) is -0.250. The summed E-state index contributed by atoms with van der Waals surface area (Å²) in [7, 11) is 0. The summed E-state index contributed by atoms with van der Waals surface area (Å²) in [5.41, 5.74) is 1.93. The second kappa shape index (κ2) is 6.61. The van der Waals surface area contributed by atoms with Crippen LogP contribution in [0.4, 0.5) is 4.39 Å². The number of ether oxygens (including phenoxy) is 2. The highest BCUT2D eigenvalue weighted by atomic mass is 19.1. The first-order valence-electron chi connectivity index (χ1n) is 8.51. The highest BCUT2D eigenvalue weighted by Crippen LogP contribution is 2.33. The molecule has 0 aliphatic carbocycles. The lowest BCUT2D eigenvalue weighted by Crippen LogP contribution is -2.49. The molecule has 1 N–H and O–H groups in total. The minimum absolute atomic E-state index is 0.269. The molecule has 2 aliphatic rings. The largest absolute Gasteiger partial charge is 0.459 e. The minimum atomic E-state index is -0.651. The van der Waals surface area contributed by atoms with Gasteiger partial charge in [-0.15, -0.1) is 0 Å². The third kappa shape index (κ3) is 3.07. The molecule has 0 radical (unpaired) electrons. The molecule has 1 aromatic heterocycles. The molecule has 5 nitrogen and oxygen atoms in total. The summed E-state index contributed by atoms with van der Waals surface area (Å²) >= 11 is 0. The third-order valence-electron chi connectivity index (χ3n) is 5.02. The quantitative estimate of drug-likeness (QED) is 0.929. The average Bonchev–Trinajstić information content (AvgIpc) is 3.07. The molecule has 25 heavy (non-hydrogen) atoms. The van der Waals surface area contributed by atoms with Crippen molar-refractivity contribution in [2.24, 2.45) is 0 Å². The number of hydrogen-bond acceptors (Lipinski definition) is 4. The van der Waals surface area contributed by atoms with Crippen molar-refractivity contribution in [1.29, 1.82) is 0 Å². The van der Waals surface area contributed by atoms with Crippen molar-refractivity contribution in [3.8, 4) is 0 Å². The zero-order chi connectivity index (χ0) is 17.3. The Morgan fingerprint density at radius 2 is 2.00 bits per heavy atom. The van der Waals surface area contributed by atoms with Crippen LogP contribution in [0.1, 0.15) is 40.1 Å². The van der Waals surface area contributed by atoms with Gasteiger partial charge in [0.2, 0.25) is 0 Å². The monoisotopic (exact) mass is 345 g/mol. The van der Waals surface area contributed by atoms with Crippen LogP contribution in [0.25, 0.3) is 0 Å². The second-order valence-electron chi connectivity index (χ2n) is 6.53. The third-order valence-corrected chi connectivity index (χ3v) is 5.02. The molecule has 0 bridgehead atoms. The van der Waals surface area contributed by atoms with E-state index in [1.807, 2.05) is 6.07 Å². The maximum Gasteiger partial charge on any atom is 0.287 e. The lowest BCUT2D eigenvalue weighted by Gasteiger charge is -2.38. The van der Waals surface area contributed by atoms with Gasteiger partial charge in [0.1, 0.15) is 5.82 Å². The predicted octanol–water partition coefficient (Wildman–Crippen LogP) is 2.93. The normalized spacial score (nSPS) is 19.2. The molecule has 0 spiro atoms. The molecule has 0 saturated carbocycles. The predicted molar refractivity (Wildman–Crippen MR) is 87.7 cm³/mol. The molecule has 2 aliphatic heterocycles. The molecule has 4 rings (SSSR count). The van der Waals surface area contributed by atoms with E-state index >= 15 is 0 Å². The zero-order valence-electron chi connectivity index (χ0n) is 13.8. The van der Waals surface area contributed by atoms with E-state index in [-0.39, 0.29) is 11.7 Å². The van der Waals surface area contributed by atoms with E-state index in [9.17, 15) is 9.18 Å². The van der Waals surface area contributed by atoms with E-state index < -0.39 is 5.54 Å². The van der Waals surface area contributed by atoms with E-state index in [1.165, 1.54) is 12.1 Å². The van der Waals surface area contributed by atoms with Crippen LogP contribution in [-0.2, 0) is 28.0 Å². The van der Waals surface area contributed by atoms with Gasteiger partial charge in [-0.3, -0.25) is 4.79 Å². The number of amides is 1. The fourth-order valence-electron chi connectivity index (χ4n) is 3.63.